The summed E-state index contributed by atoms with van der Waals surface area (Å²) >= 11 is 0. The Bertz CT molecular complexity index is 756. The van der Waals surface area contributed by atoms with E-state index in [0.717, 1.165) is 0 Å². The van der Waals surface area contributed by atoms with Crippen LogP contribution in [0.15, 0.2) is 51.1 Å². The van der Waals surface area contributed by atoms with Crippen LogP contribution in [0.1, 0.15) is 17.4 Å². The summed E-state index contributed by atoms with van der Waals surface area (Å²) in [6.45, 7) is 0.156. The van der Waals surface area contributed by atoms with E-state index in [1.807, 2.05) is 0 Å². The van der Waals surface area contributed by atoms with Crippen LogP contribution in [0.2, 0.25) is 0 Å². The Morgan fingerprint density at radius 3 is 2.71 bits per heavy atom. The first-order chi connectivity index (χ1) is 10.4. The van der Waals surface area contributed by atoms with Gasteiger partial charge in [-0.3, -0.25) is 0 Å². The van der Waals surface area contributed by atoms with Crippen LogP contribution in [0, 0.1) is 0 Å². The summed E-state index contributed by atoms with van der Waals surface area (Å²) in [4.78, 5) is 17.0. The average molecular weight is 284 g/mol. The summed E-state index contributed by atoms with van der Waals surface area (Å²) in [5.74, 6) is 0.974. The molecule has 0 amide bonds. The van der Waals surface area contributed by atoms with Crippen LogP contribution < -0.4 is 0 Å². The minimum Gasteiger partial charge on any atom is -0.471 e. The lowest BCUT2D eigenvalue weighted by molar-refractivity contribution is 0.267. The average Bonchev–Trinajstić information content (AvgIpc) is 3.28. The van der Waals surface area contributed by atoms with Gasteiger partial charge in [-0.25, -0.2) is 19.9 Å². The molecule has 1 atom stereocenters. The van der Waals surface area contributed by atoms with Crippen molar-refractivity contribution in [1.29, 1.82) is 0 Å². The van der Waals surface area contributed by atoms with Crippen LogP contribution in [-0.2, 0) is 10.3 Å². The highest BCUT2D eigenvalue weighted by Gasteiger charge is 2.47. The van der Waals surface area contributed by atoms with Gasteiger partial charge in [-0.1, -0.05) is 0 Å². The molecule has 9 heteroatoms. The van der Waals surface area contributed by atoms with Crippen molar-refractivity contribution in [3.63, 3.8) is 0 Å². The summed E-state index contributed by atoms with van der Waals surface area (Å²) in [7, 11) is 0. The Kier molecular flexibility index (Phi) is 2.49. The molecule has 0 bridgehead atoms. The molecule has 1 unspecified atom stereocenters. The van der Waals surface area contributed by atoms with Crippen LogP contribution in [0.5, 0.6) is 0 Å². The third-order valence-corrected chi connectivity index (χ3v) is 3.04. The summed E-state index contributed by atoms with van der Waals surface area (Å²) in [6.07, 6.45) is 7.59. The molecule has 9 nitrogen and oxygen atoms in total. The van der Waals surface area contributed by atoms with E-state index in [0.29, 0.717) is 11.5 Å². The zero-order valence-electron chi connectivity index (χ0n) is 10.6. The highest BCUT2D eigenvalue weighted by Crippen LogP contribution is 2.35. The molecular formula is C12H8N6O3. The van der Waals surface area contributed by atoms with Crippen LogP contribution in [0.4, 0.5) is 0 Å². The SMILES string of the molecule is c1cnc(C2(c3conn3)COC(c3ncco3)=N2)nc1. The van der Waals surface area contributed by atoms with E-state index < -0.39 is 5.54 Å². The van der Waals surface area contributed by atoms with Gasteiger partial charge in [-0.15, -0.1) is 5.10 Å². The van der Waals surface area contributed by atoms with E-state index in [4.69, 9.17) is 13.7 Å². The fraction of sp³-hybridized carbons (Fsp3) is 0.167. The fourth-order valence-corrected chi connectivity index (χ4v) is 2.07. The van der Waals surface area contributed by atoms with Gasteiger partial charge in [0.2, 0.25) is 5.54 Å². The lowest BCUT2D eigenvalue weighted by Gasteiger charge is -2.18. The maximum Gasteiger partial charge on any atom is 0.282 e. The molecule has 104 valence electrons. The number of aliphatic imine (C=N–C) groups is 1. The van der Waals surface area contributed by atoms with Crippen LogP contribution in [0.25, 0.3) is 0 Å². The van der Waals surface area contributed by atoms with Crippen LogP contribution in [0.3, 0.4) is 0 Å². The third kappa shape index (κ3) is 1.78. The Hall–Kier alpha value is -3.10. The van der Waals surface area contributed by atoms with Crippen molar-refractivity contribution in [1.82, 2.24) is 25.3 Å². The molecule has 1 aliphatic heterocycles. The summed E-state index contributed by atoms with van der Waals surface area (Å²) in [5, 5.41) is 7.41. The molecule has 4 rings (SSSR count). The van der Waals surface area contributed by atoms with E-state index >= 15 is 0 Å². The number of rotatable bonds is 3. The van der Waals surface area contributed by atoms with Crippen molar-refractivity contribution >= 4 is 5.90 Å². The molecule has 21 heavy (non-hydrogen) atoms. The molecule has 1 aliphatic rings. The van der Waals surface area contributed by atoms with Gasteiger partial charge in [-0.05, 0) is 6.07 Å². The highest BCUT2D eigenvalue weighted by molar-refractivity contribution is 5.91. The quantitative estimate of drug-likeness (QED) is 0.686. The van der Waals surface area contributed by atoms with Gasteiger partial charge in [0.25, 0.3) is 11.8 Å². The van der Waals surface area contributed by atoms with Crippen LogP contribution in [-0.4, -0.2) is 37.8 Å². The minimum absolute atomic E-state index is 0.156. The van der Waals surface area contributed by atoms with E-state index in [9.17, 15) is 0 Å². The molecule has 3 aromatic rings. The van der Waals surface area contributed by atoms with Crippen molar-refractivity contribution in [3.8, 4) is 0 Å². The van der Waals surface area contributed by atoms with Gasteiger partial charge in [0.15, 0.2) is 12.1 Å². The van der Waals surface area contributed by atoms with E-state index in [2.05, 4.69) is 30.3 Å². The molecule has 0 fully saturated rings. The van der Waals surface area contributed by atoms with E-state index in [-0.39, 0.29) is 18.4 Å². The smallest absolute Gasteiger partial charge is 0.282 e. The first-order valence-electron chi connectivity index (χ1n) is 6.06. The topological polar surface area (TPSA) is 112 Å². The third-order valence-electron chi connectivity index (χ3n) is 3.04. The number of nitrogens with zero attached hydrogens (tertiary/aromatic N) is 6. The lowest BCUT2D eigenvalue weighted by atomic mass is 9.97. The van der Waals surface area contributed by atoms with Crippen molar-refractivity contribution in [2.75, 3.05) is 6.61 Å². The largest absolute Gasteiger partial charge is 0.471 e. The number of oxazole rings is 1. The normalized spacial score (nSPS) is 21.0. The number of hydrogen-bond donors (Lipinski definition) is 0. The second-order valence-corrected chi connectivity index (χ2v) is 4.27. The van der Waals surface area contributed by atoms with Crippen molar-refractivity contribution in [3.05, 3.63) is 54.6 Å². The monoisotopic (exact) mass is 284 g/mol. The molecule has 4 heterocycles. The molecule has 0 saturated heterocycles. The van der Waals surface area contributed by atoms with E-state index in [1.165, 1.54) is 18.7 Å². The Morgan fingerprint density at radius 2 is 2.00 bits per heavy atom. The van der Waals surface area contributed by atoms with Crippen molar-refractivity contribution < 1.29 is 13.7 Å². The van der Waals surface area contributed by atoms with Gasteiger partial charge < -0.3 is 13.7 Å². The Balaban J connectivity index is 1.87. The zero-order chi connectivity index (χ0) is 14.1. The first-order valence-corrected chi connectivity index (χ1v) is 6.06. The lowest BCUT2D eigenvalue weighted by Crippen LogP contribution is -2.30. The molecule has 0 radical (unpaired) electrons. The Labute approximate surface area is 117 Å². The molecule has 0 aromatic carbocycles. The highest BCUT2D eigenvalue weighted by atomic mass is 16.5. The maximum atomic E-state index is 5.60. The van der Waals surface area contributed by atoms with Gasteiger partial charge in [0.1, 0.15) is 18.6 Å². The van der Waals surface area contributed by atoms with Crippen molar-refractivity contribution in [2.24, 2.45) is 4.99 Å². The zero-order valence-corrected chi connectivity index (χ0v) is 10.6. The molecule has 3 aromatic heterocycles. The summed E-state index contributed by atoms with van der Waals surface area (Å²) < 4.78 is 15.6. The number of ether oxygens (including phenoxy) is 1. The van der Waals surface area contributed by atoms with Crippen molar-refractivity contribution in [2.45, 2.75) is 5.54 Å². The maximum absolute atomic E-state index is 5.60. The van der Waals surface area contributed by atoms with Gasteiger partial charge >= 0.3 is 0 Å². The van der Waals surface area contributed by atoms with Gasteiger partial charge in [-0.2, -0.15) is 0 Å². The molecule has 0 N–H and O–H groups in total. The molecule has 0 spiro atoms. The predicted molar refractivity (Wildman–Crippen MR) is 66.1 cm³/mol. The predicted octanol–water partition coefficient (Wildman–Crippen LogP) is 0.568. The number of aromatic nitrogens is 5. The Morgan fingerprint density at radius 1 is 1.10 bits per heavy atom. The fourth-order valence-electron chi connectivity index (χ4n) is 2.07. The standard InChI is InChI=1S/C12H8N6O3/c1-2-14-11(15-3-1)12(8-6-21-18-17-8)7-20-10(16-12)9-13-4-5-19-9/h1-6H,7H2. The summed E-state index contributed by atoms with van der Waals surface area (Å²) in [6, 6.07) is 1.72. The second kappa shape index (κ2) is 4.47. The van der Waals surface area contributed by atoms with Gasteiger partial charge in [0.05, 0.1) is 6.20 Å². The second-order valence-electron chi connectivity index (χ2n) is 4.27. The molecule has 0 aliphatic carbocycles. The first kappa shape index (κ1) is 11.7. The van der Waals surface area contributed by atoms with Crippen LogP contribution >= 0.6 is 0 Å². The number of hydrogen-bond acceptors (Lipinski definition) is 9. The molecular weight excluding hydrogens is 276 g/mol. The minimum atomic E-state index is -1.02. The summed E-state index contributed by atoms with van der Waals surface area (Å²) in [5.41, 5.74) is -0.569. The van der Waals surface area contributed by atoms with Gasteiger partial charge in [0, 0.05) is 17.7 Å². The molecule has 0 saturated carbocycles. The van der Waals surface area contributed by atoms with E-state index in [1.54, 1.807) is 18.5 Å².